The molecule has 110 valence electrons. The van der Waals surface area contributed by atoms with E-state index in [1.165, 1.54) is 44.9 Å². The normalized spacial score (nSPS) is 51.0. The van der Waals surface area contributed by atoms with Gasteiger partial charge in [-0.15, -0.1) is 0 Å². The van der Waals surface area contributed by atoms with Crippen molar-refractivity contribution >= 4 is 5.78 Å². The van der Waals surface area contributed by atoms with Crippen LogP contribution in [0, 0.1) is 28.6 Å². The predicted octanol–water partition coefficient (Wildman–Crippen LogP) is 4.91. The van der Waals surface area contributed by atoms with Crippen LogP contribution in [-0.4, -0.2) is 5.78 Å². The van der Waals surface area contributed by atoms with E-state index in [2.05, 4.69) is 19.9 Å². The SMILES string of the molecule is C[C@]12CCC=C1[C@H]1CC[C@H]3CC(=O)CC[C@]3(C)[C@@H]1CC2. The van der Waals surface area contributed by atoms with E-state index in [-0.39, 0.29) is 0 Å². The predicted molar refractivity (Wildman–Crippen MR) is 81.3 cm³/mol. The standard InChI is InChI=1S/C19H28O/c1-18-9-3-4-16(18)15-6-5-13-12-14(20)7-11-19(13,2)17(15)8-10-18/h4,13,15,17H,3,5-12H2,1-2H3/t13-,15+,17+,18+,19-/m0/s1. The summed E-state index contributed by atoms with van der Waals surface area (Å²) in [5.41, 5.74) is 2.82. The Morgan fingerprint density at radius 2 is 1.95 bits per heavy atom. The van der Waals surface area contributed by atoms with Crippen LogP contribution in [0.5, 0.6) is 0 Å². The van der Waals surface area contributed by atoms with Gasteiger partial charge in [0.1, 0.15) is 5.78 Å². The third kappa shape index (κ3) is 1.64. The monoisotopic (exact) mass is 272 g/mol. The summed E-state index contributed by atoms with van der Waals surface area (Å²) in [5.74, 6) is 2.94. The Morgan fingerprint density at radius 1 is 1.10 bits per heavy atom. The van der Waals surface area contributed by atoms with Gasteiger partial charge in [-0.1, -0.05) is 25.5 Å². The molecule has 0 bridgehead atoms. The second kappa shape index (κ2) is 4.21. The lowest BCUT2D eigenvalue weighted by atomic mass is 9.46. The van der Waals surface area contributed by atoms with Crippen LogP contribution in [0.25, 0.3) is 0 Å². The van der Waals surface area contributed by atoms with E-state index in [0.717, 1.165) is 24.7 Å². The van der Waals surface area contributed by atoms with Crippen molar-refractivity contribution in [3.63, 3.8) is 0 Å². The van der Waals surface area contributed by atoms with Gasteiger partial charge in [-0.2, -0.15) is 0 Å². The average Bonchev–Trinajstić information content (AvgIpc) is 2.81. The Bertz CT molecular complexity index is 476. The maximum atomic E-state index is 11.8. The molecule has 0 N–H and O–H groups in total. The molecule has 0 heterocycles. The molecule has 0 amide bonds. The van der Waals surface area contributed by atoms with Gasteiger partial charge in [0.15, 0.2) is 0 Å². The molecule has 0 aromatic rings. The first-order valence-corrected chi connectivity index (χ1v) is 8.75. The highest BCUT2D eigenvalue weighted by Gasteiger charge is 2.55. The fourth-order valence-electron chi connectivity index (χ4n) is 6.37. The molecule has 4 aliphatic carbocycles. The van der Waals surface area contributed by atoms with E-state index in [1.54, 1.807) is 0 Å². The van der Waals surface area contributed by atoms with Crippen LogP contribution in [0.4, 0.5) is 0 Å². The van der Waals surface area contributed by atoms with Crippen molar-refractivity contribution in [1.29, 1.82) is 0 Å². The zero-order valence-corrected chi connectivity index (χ0v) is 13.1. The first-order valence-electron chi connectivity index (χ1n) is 8.75. The van der Waals surface area contributed by atoms with Crippen molar-refractivity contribution in [3.05, 3.63) is 11.6 Å². The van der Waals surface area contributed by atoms with Gasteiger partial charge in [0.2, 0.25) is 0 Å². The molecule has 1 heteroatoms. The summed E-state index contributed by atoms with van der Waals surface area (Å²) in [6.07, 6.45) is 13.7. The first kappa shape index (κ1) is 13.1. The van der Waals surface area contributed by atoms with Crippen molar-refractivity contribution < 1.29 is 4.79 Å². The van der Waals surface area contributed by atoms with Gasteiger partial charge in [-0.25, -0.2) is 0 Å². The maximum Gasteiger partial charge on any atom is 0.133 e. The molecule has 5 atom stereocenters. The van der Waals surface area contributed by atoms with Crippen LogP contribution in [-0.2, 0) is 4.79 Å². The second-order valence-corrected chi connectivity index (χ2v) is 8.53. The average molecular weight is 272 g/mol. The molecule has 20 heavy (non-hydrogen) atoms. The van der Waals surface area contributed by atoms with Gasteiger partial charge in [0.25, 0.3) is 0 Å². The fraction of sp³-hybridized carbons (Fsp3) is 0.842. The van der Waals surface area contributed by atoms with Crippen LogP contribution >= 0.6 is 0 Å². The van der Waals surface area contributed by atoms with Crippen LogP contribution in [0.15, 0.2) is 11.6 Å². The number of hydrogen-bond donors (Lipinski definition) is 0. The van der Waals surface area contributed by atoms with Gasteiger partial charge in [-0.05, 0) is 73.5 Å². The van der Waals surface area contributed by atoms with Gasteiger partial charge in [0.05, 0.1) is 0 Å². The second-order valence-electron chi connectivity index (χ2n) is 8.53. The third-order valence-electron chi connectivity index (χ3n) is 7.67. The third-order valence-corrected chi connectivity index (χ3v) is 7.67. The minimum absolute atomic E-state index is 0.460. The van der Waals surface area contributed by atoms with Crippen LogP contribution in [0.2, 0.25) is 0 Å². The van der Waals surface area contributed by atoms with Gasteiger partial charge in [-0.3, -0.25) is 4.79 Å². The van der Waals surface area contributed by atoms with E-state index in [0.29, 0.717) is 22.5 Å². The molecule has 4 aliphatic rings. The molecule has 0 unspecified atom stereocenters. The molecule has 0 saturated heterocycles. The summed E-state index contributed by atoms with van der Waals surface area (Å²) in [4.78, 5) is 11.8. The number of Topliss-reactive ketones (excluding diaryl/α,β-unsaturated/α-hetero) is 1. The number of allylic oxidation sites excluding steroid dienone is 2. The molecule has 0 radical (unpaired) electrons. The number of carbonyl (C=O) groups excluding carboxylic acids is 1. The van der Waals surface area contributed by atoms with Crippen LogP contribution in [0.1, 0.15) is 71.6 Å². The highest BCUT2D eigenvalue weighted by atomic mass is 16.1. The van der Waals surface area contributed by atoms with Crippen molar-refractivity contribution in [2.45, 2.75) is 71.6 Å². The maximum absolute atomic E-state index is 11.8. The summed E-state index contributed by atoms with van der Waals surface area (Å²) in [7, 11) is 0. The zero-order valence-electron chi connectivity index (χ0n) is 13.1. The lowest BCUT2D eigenvalue weighted by Gasteiger charge is -2.58. The summed E-state index contributed by atoms with van der Waals surface area (Å²) in [6.45, 7) is 5.04. The quantitative estimate of drug-likeness (QED) is 0.573. The largest absolute Gasteiger partial charge is 0.300 e. The molecular weight excluding hydrogens is 244 g/mol. The molecule has 0 aromatic heterocycles. The molecule has 0 aromatic carbocycles. The van der Waals surface area contributed by atoms with Crippen LogP contribution in [0.3, 0.4) is 0 Å². The summed E-state index contributed by atoms with van der Waals surface area (Å²) in [5, 5.41) is 0. The van der Waals surface area contributed by atoms with Gasteiger partial charge < -0.3 is 0 Å². The molecule has 3 saturated carbocycles. The Hall–Kier alpha value is -0.590. The molecule has 0 aliphatic heterocycles. The van der Waals surface area contributed by atoms with Crippen molar-refractivity contribution in [3.8, 4) is 0 Å². The van der Waals surface area contributed by atoms with E-state index in [1.807, 2.05) is 5.57 Å². The molecule has 3 fully saturated rings. The Balaban J connectivity index is 1.67. The Labute approximate surface area is 123 Å². The summed E-state index contributed by atoms with van der Waals surface area (Å²) in [6, 6.07) is 0. The molecule has 4 rings (SSSR count). The summed E-state index contributed by atoms with van der Waals surface area (Å²) < 4.78 is 0. The molecule has 0 spiro atoms. The Kier molecular flexibility index (Phi) is 2.76. The van der Waals surface area contributed by atoms with Crippen LogP contribution < -0.4 is 0 Å². The highest BCUT2D eigenvalue weighted by Crippen LogP contribution is 2.64. The minimum atomic E-state index is 0.460. The minimum Gasteiger partial charge on any atom is -0.300 e. The highest BCUT2D eigenvalue weighted by molar-refractivity contribution is 5.79. The van der Waals surface area contributed by atoms with Crippen molar-refractivity contribution in [2.75, 3.05) is 0 Å². The number of hydrogen-bond acceptors (Lipinski definition) is 1. The number of rotatable bonds is 0. The molecule has 1 nitrogen and oxygen atoms in total. The van der Waals surface area contributed by atoms with Crippen molar-refractivity contribution in [2.24, 2.45) is 28.6 Å². The van der Waals surface area contributed by atoms with Gasteiger partial charge >= 0.3 is 0 Å². The summed E-state index contributed by atoms with van der Waals surface area (Å²) >= 11 is 0. The van der Waals surface area contributed by atoms with Crippen molar-refractivity contribution in [1.82, 2.24) is 0 Å². The first-order chi connectivity index (χ1) is 9.53. The van der Waals surface area contributed by atoms with E-state index < -0.39 is 0 Å². The van der Waals surface area contributed by atoms with Gasteiger partial charge in [0, 0.05) is 12.8 Å². The lowest BCUT2D eigenvalue weighted by Crippen LogP contribution is -2.50. The number of fused-ring (bicyclic) bond motifs is 5. The number of carbonyl (C=O) groups is 1. The van der Waals surface area contributed by atoms with E-state index in [4.69, 9.17) is 0 Å². The zero-order chi connectivity index (χ0) is 14.0. The fourth-order valence-corrected chi connectivity index (χ4v) is 6.37. The number of ketones is 1. The lowest BCUT2D eigenvalue weighted by molar-refractivity contribution is -0.131. The topological polar surface area (TPSA) is 17.1 Å². The smallest absolute Gasteiger partial charge is 0.133 e. The van der Waals surface area contributed by atoms with E-state index in [9.17, 15) is 4.79 Å². The van der Waals surface area contributed by atoms with E-state index >= 15 is 0 Å². The molecular formula is C19H28O. The Morgan fingerprint density at radius 3 is 2.80 bits per heavy atom.